The predicted octanol–water partition coefficient (Wildman–Crippen LogP) is 2.18. The van der Waals surface area contributed by atoms with Crippen LogP contribution in [0.1, 0.15) is 18.7 Å². The van der Waals surface area contributed by atoms with Crippen LogP contribution in [-0.4, -0.2) is 27.9 Å². The number of aryl methyl sites for hydroxylation is 1. The summed E-state index contributed by atoms with van der Waals surface area (Å²) in [5.74, 6) is 0.800. The van der Waals surface area contributed by atoms with Crippen LogP contribution in [0.15, 0.2) is 30.6 Å². The van der Waals surface area contributed by atoms with Crippen LogP contribution in [-0.2, 0) is 0 Å². The minimum absolute atomic E-state index is 0.800. The van der Waals surface area contributed by atoms with Crippen LogP contribution in [0, 0.1) is 6.92 Å². The molecule has 4 nitrogen and oxygen atoms in total. The van der Waals surface area contributed by atoms with Crippen molar-refractivity contribution in [2.45, 2.75) is 19.8 Å². The summed E-state index contributed by atoms with van der Waals surface area (Å²) in [6, 6.07) is 8.53. The van der Waals surface area contributed by atoms with Crippen molar-refractivity contribution in [2.24, 2.45) is 0 Å². The molecule has 1 aliphatic rings. The van der Waals surface area contributed by atoms with Gasteiger partial charge in [-0.05, 0) is 44.0 Å². The van der Waals surface area contributed by atoms with E-state index in [0.29, 0.717) is 0 Å². The summed E-state index contributed by atoms with van der Waals surface area (Å²) in [4.78, 5) is 6.56. The van der Waals surface area contributed by atoms with E-state index in [4.69, 9.17) is 0 Å². The molecule has 0 N–H and O–H groups in total. The van der Waals surface area contributed by atoms with Gasteiger partial charge in [0, 0.05) is 18.8 Å². The third kappa shape index (κ3) is 2.02. The van der Waals surface area contributed by atoms with Crippen LogP contribution < -0.4 is 4.90 Å². The van der Waals surface area contributed by atoms with Crippen LogP contribution in [0.5, 0.6) is 0 Å². The third-order valence-electron chi connectivity index (χ3n) is 3.19. The van der Waals surface area contributed by atoms with Gasteiger partial charge in [-0.2, -0.15) is 5.10 Å². The van der Waals surface area contributed by atoms with Crippen molar-refractivity contribution < 1.29 is 0 Å². The van der Waals surface area contributed by atoms with E-state index in [9.17, 15) is 0 Å². The smallest absolute Gasteiger partial charge is 0.147 e. The maximum Gasteiger partial charge on any atom is 0.147 e. The van der Waals surface area contributed by atoms with Gasteiger partial charge in [-0.1, -0.05) is 0 Å². The van der Waals surface area contributed by atoms with Gasteiger partial charge >= 0.3 is 0 Å². The number of benzene rings is 1. The highest BCUT2D eigenvalue weighted by Gasteiger charge is 2.11. The molecular weight excluding hydrogens is 212 g/mol. The van der Waals surface area contributed by atoms with Crippen LogP contribution >= 0.6 is 0 Å². The highest BCUT2D eigenvalue weighted by molar-refractivity contribution is 5.51. The zero-order chi connectivity index (χ0) is 11.7. The van der Waals surface area contributed by atoms with Gasteiger partial charge in [0.1, 0.15) is 12.2 Å². The summed E-state index contributed by atoms with van der Waals surface area (Å²) < 4.78 is 1.81. The van der Waals surface area contributed by atoms with Crippen molar-refractivity contribution in [3.05, 3.63) is 36.4 Å². The Morgan fingerprint density at radius 1 is 1.00 bits per heavy atom. The van der Waals surface area contributed by atoms with E-state index in [2.05, 4.69) is 39.2 Å². The minimum Gasteiger partial charge on any atom is -0.372 e. The van der Waals surface area contributed by atoms with E-state index in [1.54, 1.807) is 6.33 Å². The molecule has 4 heteroatoms. The Morgan fingerprint density at radius 2 is 1.65 bits per heavy atom. The number of rotatable bonds is 2. The molecule has 0 amide bonds. The van der Waals surface area contributed by atoms with Gasteiger partial charge in [0.15, 0.2) is 0 Å². The van der Waals surface area contributed by atoms with Crippen molar-refractivity contribution in [2.75, 3.05) is 18.0 Å². The van der Waals surface area contributed by atoms with Gasteiger partial charge in [0.05, 0.1) is 5.69 Å². The highest BCUT2D eigenvalue weighted by Crippen LogP contribution is 2.21. The molecule has 88 valence electrons. The second-order valence-corrected chi connectivity index (χ2v) is 4.45. The van der Waals surface area contributed by atoms with Gasteiger partial charge in [-0.25, -0.2) is 9.67 Å². The molecule has 1 aromatic heterocycles. The van der Waals surface area contributed by atoms with Crippen molar-refractivity contribution >= 4 is 5.69 Å². The number of hydrogen-bond donors (Lipinski definition) is 0. The second-order valence-electron chi connectivity index (χ2n) is 4.45. The van der Waals surface area contributed by atoms with Crippen molar-refractivity contribution in [3.8, 4) is 5.69 Å². The first-order chi connectivity index (χ1) is 8.33. The Bertz CT molecular complexity index is 494. The molecule has 0 atom stereocenters. The zero-order valence-electron chi connectivity index (χ0n) is 10.0. The number of anilines is 1. The Kier molecular flexibility index (Phi) is 2.55. The molecule has 2 heterocycles. The molecule has 0 spiro atoms. The summed E-state index contributed by atoms with van der Waals surface area (Å²) in [7, 11) is 0. The molecule has 0 saturated carbocycles. The van der Waals surface area contributed by atoms with E-state index >= 15 is 0 Å². The highest BCUT2D eigenvalue weighted by atomic mass is 15.3. The van der Waals surface area contributed by atoms with Crippen LogP contribution in [0.4, 0.5) is 5.69 Å². The first kappa shape index (κ1) is 10.3. The van der Waals surface area contributed by atoms with Crippen molar-refractivity contribution in [3.63, 3.8) is 0 Å². The normalized spacial score (nSPS) is 15.5. The fraction of sp³-hybridized carbons (Fsp3) is 0.385. The summed E-state index contributed by atoms with van der Waals surface area (Å²) in [5.41, 5.74) is 2.37. The summed E-state index contributed by atoms with van der Waals surface area (Å²) in [6.45, 7) is 4.26. The molecular formula is C13H16N4. The molecule has 3 rings (SSSR count). The SMILES string of the molecule is Cc1ncn(-c2ccc(N3CCCC3)cc2)n1. The molecule has 0 aliphatic carbocycles. The molecule has 2 aromatic rings. The zero-order valence-corrected chi connectivity index (χ0v) is 10.0. The molecule has 1 saturated heterocycles. The molecule has 17 heavy (non-hydrogen) atoms. The fourth-order valence-electron chi connectivity index (χ4n) is 2.26. The predicted molar refractivity (Wildman–Crippen MR) is 67.5 cm³/mol. The average Bonchev–Trinajstić information content (AvgIpc) is 3.00. The molecule has 0 radical (unpaired) electrons. The van der Waals surface area contributed by atoms with Crippen LogP contribution in [0.2, 0.25) is 0 Å². The van der Waals surface area contributed by atoms with Crippen molar-refractivity contribution in [1.82, 2.24) is 14.8 Å². The molecule has 0 bridgehead atoms. The van der Waals surface area contributed by atoms with Crippen LogP contribution in [0.3, 0.4) is 0 Å². The number of hydrogen-bond acceptors (Lipinski definition) is 3. The lowest BCUT2D eigenvalue weighted by molar-refractivity contribution is 0.861. The summed E-state index contributed by atoms with van der Waals surface area (Å²) >= 11 is 0. The molecule has 0 unspecified atom stereocenters. The quantitative estimate of drug-likeness (QED) is 0.790. The minimum atomic E-state index is 0.800. The van der Waals surface area contributed by atoms with Gasteiger partial charge in [-0.15, -0.1) is 0 Å². The molecule has 1 fully saturated rings. The number of nitrogens with zero attached hydrogens (tertiary/aromatic N) is 4. The lowest BCUT2D eigenvalue weighted by Crippen LogP contribution is -2.17. The largest absolute Gasteiger partial charge is 0.372 e. The van der Waals surface area contributed by atoms with Gasteiger partial charge in [0.25, 0.3) is 0 Å². The van der Waals surface area contributed by atoms with Crippen molar-refractivity contribution in [1.29, 1.82) is 0 Å². The van der Waals surface area contributed by atoms with E-state index in [-0.39, 0.29) is 0 Å². The Labute approximate surface area is 101 Å². The average molecular weight is 228 g/mol. The molecule has 1 aromatic carbocycles. The second kappa shape index (κ2) is 4.20. The van der Waals surface area contributed by atoms with E-state index in [0.717, 1.165) is 11.5 Å². The summed E-state index contributed by atoms with van der Waals surface area (Å²) in [6.07, 6.45) is 4.37. The first-order valence-corrected chi connectivity index (χ1v) is 6.06. The first-order valence-electron chi connectivity index (χ1n) is 6.06. The Hall–Kier alpha value is -1.84. The molecule has 1 aliphatic heterocycles. The summed E-state index contributed by atoms with van der Waals surface area (Å²) in [5, 5.41) is 4.30. The van der Waals surface area contributed by atoms with Crippen LogP contribution in [0.25, 0.3) is 5.69 Å². The maximum atomic E-state index is 4.30. The Morgan fingerprint density at radius 3 is 2.24 bits per heavy atom. The topological polar surface area (TPSA) is 34.0 Å². The van der Waals surface area contributed by atoms with Gasteiger partial charge in [0.2, 0.25) is 0 Å². The lowest BCUT2D eigenvalue weighted by Gasteiger charge is -2.17. The number of aromatic nitrogens is 3. The van der Waals surface area contributed by atoms with Gasteiger partial charge < -0.3 is 4.90 Å². The van der Waals surface area contributed by atoms with E-state index in [1.807, 2.05) is 11.6 Å². The van der Waals surface area contributed by atoms with Gasteiger partial charge in [-0.3, -0.25) is 0 Å². The fourth-order valence-corrected chi connectivity index (χ4v) is 2.26. The lowest BCUT2D eigenvalue weighted by atomic mass is 10.2. The van der Waals surface area contributed by atoms with E-state index in [1.165, 1.54) is 31.6 Å². The standard InChI is InChI=1S/C13H16N4/c1-11-14-10-17(15-11)13-6-4-12(5-7-13)16-8-2-3-9-16/h4-7,10H,2-3,8-9H2,1H3. The third-order valence-corrected chi connectivity index (χ3v) is 3.19. The maximum absolute atomic E-state index is 4.30. The van der Waals surface area contributed by atoms with E-state index < -0.39 is 0 Å². The monoisotopic (exact) mass is 228 g/mol. The Balaban J connectivity index is 1.84.